The van der Waals surface area contributed by atoms with Gasteiger partial charge in [0.05, 0.1) is 6.04 Å². The van der Waals surface area contributed by atoms with Crippen LogP contribution in [0.1, 0.15) is 34.1 Å². The fourth-order valence-electron chi connectivity index (χ4n) is 2.71. The SMILES string of the molecule is Cc1ccc(C(N)c2cc3cccc(C)c3o2)c(C)c1. The molecule has 0 fully saturated rings. The van der Waals surface area contributed by atoms with Crippen molar-refractivity contribution in [3.8, 4) is 0 Å². The third-order valence-electron chi connectivity index (χ3n) is 3.83. The molecule has 20 heavy (non-hydrogen) atoms. The number of para-hydroxylation sites is 1. The van der Waals surface area contributed by atoms with Gasteiger partial charge < -0.3 is 10.2 Å². The number of hydrogen-bond donors (Lipinski definition) is 1. The first-order valence-electron chi connectivity index (χ1n) is 6.88. The highest BCUT2D eigenvalue weighted by Crippen LogP contribution is 2.30. The van der Waals surface area contributed by atoms with E-state index >= 15 is 0 Å². The summed E-state index contributed by atoms with van der Waals surface area (Å²) in [5, 5.41) is 1.11. The highest BCUT2D eigenvalue weighted by atomic mass is 16.3. The van der Waals surface area contributed by atoms with E-state index in [4.69, 9.17) is 10.2 Å². The van der Waals surface area contributed by atoms with Crippen molar-refractivity contribution >= 4 is 11.0 Å². The van der Waals surface area contributed by atoms with Gasteiger partial charge in [-0.25, -0.2) is 0 Å². The van der Waals surface area contributed by atoms with Crippen LogP contribution in [0, 0.1) is 20.8 Å². The van der Waals surface area contributed by atoms with E-state index in [1.54, 1.807) is 0 Å². The Morgan fingerprint density at radius 1 is 0.950 bits per heavy atom. The van der Waals surface area contributed by atoms with Gasteiger partial charge in [-0.2, -0.15) is 0 Å². The molecule has 1 unspecified atom stereocenters. The van der Waals surface area contributed by atoms with E-state index in [2.05, 4.69) is 51.1 Å². The summed E-state index contributed by atoms with van der Waals surface area (Å²) in [6.07, 6.45) is 0. The van der Waals surface area contributed by atoms with Gasteiger partial charge in [0, 0.05) is 5.39 Å². The summed E-state index contributed by atoms with van der Waals surface area (Å²) in [5.74, 6) is 0.821. The number of nitrogens with two attached hydrogens (primary N) is 1. The van der Waals surface area contributed by atoms with Crippen LogP contribution in [-0.4, -0.2) is 0 Å². The molecular formula is C18H19NO. The van der Waals surface area contributed by atoms with Gasteiger partial charge in [-0.3, -0.25) is 0 Å². The highest BCUT2D eigenvalue weighted by Gasteiger charge is 2.16. The van der Waals surface area contributed by atoms with E-state index in [-0.39, 0.29) is 6.04 Å². The second-order valence-electron chi connectivity index (χ2n) is 5.48. The van der Waals surface area contributed by atoms with Crippen LogP contribution in [0.15, 0.2) is 46.9 Å². The summed E-state index contributed by atoms with van der Waals surface area (Å²) in [6, 6.07) is 14.3. The molecule has 0 aliphatic heterocycles. The zero-order valence-corrected chi connectivity index (χ0v) is 12.1. The van der Waals surface area contributed by atoms with Crippen LogP contribution in [0.2, 0.25) is 0 Å². The maximum Gasteiger partial charge on any atom is 0.137 e. The van der Waals surface area contributed by atoms with Crippen molar-refractivity contribution in [1.29, 1.82) is 0 Å². The third kappa shape index (κ3) is 2.12. The predicted molar refractivity (Wildman–Crippen MR) is 82.9 cm³/mol. The summed E-state index contributed by atoms with van der Waals surface area (Å²) in [6.45, 7) is 6.24. The smallest absolute Gasteiger partial charge is 0.137 e. The summed E-state index contributed by atoms with van der Waals surface area (Å²) in [5.41, 5.74) is 12.0. The van der Waals surface area contributed by atoms with Crippen molar-refractivity contribution in [2.24, 2.45) is 5.73 Å². The molecule has 0 aliphatic carbocycles. The van der Waals surface area contributed by atoms with Gasteiger partial charge in [0.2, 0.25) is 0 Å². The van der Waals surface area contributed by atoms with Crippen LogP contribution in [0.5, 0.6) is 0 Å². The van der Waals surface area contributed by atoms with E-state index in [1.807, 2.05) is 12.1 Å². The van der Waals surface area contributed by atoms with E-state index < -0.39 is 0 Å². The van der Waals surface area contributed by atoms with Crippen molar-refractivity contribution in [2.75, 3.05) is 0 Å². The molecule has 2 heteroatoms. The van der Waals surface area contributed by atoms with Gasteiger partial charge in [0.15, 0.2) is 0 Å². The van der Waals surface area contributed by atoms with Gasteiger partial charge in [-0.15, -0.1) is 0 Å². The van der Waals surface area contributed by atoms with Crippen LogP contribution in [0.3, 0.4) is 0 Å². The number of hydrogen-bond acceptors (Lipinski definition) is 2. The van der Waals surface area contributed by atoms with Crippen LogP contribution in [-0.2, 0) is 0 Å². The Morgan fingerprint density at radius 3 is 2.45 bits per heavy atom. The topological polar surface area (TPSA) is 39.2 Å². The minimum absolute atomic E-state index is 0.220. The molecule has 0 aliphatic rings. The molecule has 0 spiro atoms. The second kappa shape index (κ2) is 4.80. The summed E-state index contributed by atoms with van der Waals surface area (Å²) in [4.78, 5) is 0. The highest BCUT2D eigenvalue weighted by molar-refractivity contribution is 5.81. The second-order valence-corrected chi connectivity index (χ2v) is 5.48. The van der Waals surface area contributed by atoms with E-state index in [9.17, 15) is 0 Å². The van der Waals surface area contributed by atoms with Crippen LogP contribution >= 0.6 is 0 Å². The van der Waals surface area contributed by atoms with Crippen LogP contribution < -0.4 is 5.73 Å². The summed E-state index contributed by atoms with van der Waals surface area (Å²) < 4.78 is 5.98. The summed E-state index contributed by atoms with van der Waals surface area (Å²) in [7, 11) is 0. The summed E-state index contributed by atoms with van der Waals surface area (Å²) >= 11 is 0. The van der Waals surface area contributed by atoms with Gasteiger partial charge in [-0.05, 0) is 43.5 Å². The molecule has 1 heterocycles. The maximum atomic E-state index is 6.39. The van der Waals surface area contributed by atoms with Gasteiger partial charge in [0.25, 0.3) is 0 Å². The number of aryl methyl sites for hydroxylation is 3. The Hall–Kier alpha value is -2.06. The first-order chi connectivity index (χ1) is 9.56. The Morgan fingerprint density at radius 2 is 1.75 bits per heavy atom. The van der Waals surface area contributed by atoms with Gasteiger partial charge in [-0.1, -0.05) is 42.0 Å². The zero-order valence-electron chi connectivity index (χ0n) is 12.1. The lowest BCUT2D eigenvalue weighted by Crippen LogP contribution is -2.12. The molecule has 3 aromatic rings. The molecule has 0 saturated carbocycles. The van der Waals surface area contributed by atoms with Crippen molar-refractivity contribution in [1.82, 2.24) is 0 Å². The van der Waals surface area contributed by atoms with Crippen LogP contribution in [0.25, 0.3) is 11.0 Å². The molecule has 2 aromatic carbocycles. The molecule has 0 saturated heterocycles. The number of furan rings is 1. The lowest BCUT2D eigenvalue weighted by Gasteiger charge is -2.13. The Bertz CT molecular complexity index is 770. The molecule has 2 nitrogen and oxygen atoms in total. The van der Waals surface area contributed by atoms with Crippen molar-refractivity contribution < 1.29 is 4.42 Å². The average Bonchev–Trinajstić information content (AvgIpc) is 2.83. The van der Waals surface area contributed by atoms with Crippen molar-refractivity contribution in [3.63, 3.8) is 0 Å². The fourth-order valence-corrected chi connectivity index (χ4v) is 2.71. The normalized spacial score (nSPS) is 12.8. The Balaban J connectivity index is 2.08. The molecule has 0 amide bonds. The minimum atomic E-state index is -0.220. The van der Waals surface area contributed by atoms with Crippen molar-refractivity contribution in [3.05, 3.63) is 70.5 Å². The zero-order chi connectivity index (χ0) is 14.3. The number of benzene rings is 2. The van der Waals surface area contributed by atoms with Gasteiger partial charge in [0.1, 0.15) is 11.3 Å². The fraction of sp³-hybridized carbons (Fsp3) is 0.222. The predicted octanol–water partition coefficient (Wildman–Crippen LogP) is 4.41. The molecule has 0 radical (unpaired) electrons. The maximum absolute atomic E-state index is 6.39. The standard InChI is InChI=1S/C18H19NO/c1-11-7-8-15(13(3)9-11)17(19)16-10-14-6-4-5-12(2)18(14)20-16/h4-10,17H,19H2,1-3H3. The molecule has 1 atom stereocenters. The quantitative estimate of drug-likeness (QED) is 0.745. The molecule has 3 rings (SSSR count). The minimum Gasteiger partial charge on any atom is -0.459 e. The number of rotatable bonds is 2. The van der Waals surface area contributed by atoms with E-state index in [0.29, 0.717) is 0 Å². The van der Waals surface area contributed by atoms with Crippen LogP contribution in [0.4, 0.5) is 0 Å². The molecule has 1 aromatic heterocycles. The first-order valence-corrected chi connectivity index (χ1v) is 6.88. The lowest BCUT2D eigenvalue weighted by molar-refractivity contribution is 0.523. The monoisotopic (exact) mass is 265 g/mol. The largest absolute Gasteiger partial charge is 0.459 e. The Kier molecular flexibility index (Phi) is 3.11. The van der Waals surface area contributed by atoms with E-state index in [0.717, 1.165) is 27.9 Å². The number of fused-ring (bicyclic) bond motifs is 1. The first kappa shape index (κ1) is 12.9. The Labute approximate surface area is 119 Å². The van der Waals surface area contributed by atoms with Gasteiger partial charge >= 0.3 is 0 Å². The average molecular weight is 265 g/mol. The molecular weight excluding hydrogens is 246 g/mol. The molecule has 0 bridgehead atoms. The van der Waals surface area contributed by atoms with E-state index in [1.165, 1.54) is 11.1 Å². The van der Waals surface area contributed by atoms with Crippen molar-refractivity contribution in [2.45, 2.75) is 26.8 Å². The third-order valence-corrected chi connectivity index (χ3v) is 3.83. The molecule has 102 valence electrons. The molecule has 2 N–H and O–H groups in total. The lowest BCUT2D eigenvalue weighted by atomic mass is 9.98.